The van der Waals surface area contributed by atoms with Crippen LogP contribution in [0.4, 0.5) is 0 Å². The molecule has 0 aliphatic carbocycles. The van der Waals surface area contributed by atoms with Crippen molar-refractivity contribution < 1.29 is 33.9 Å². The number of carboxylic acid groups (broad SMARTS) is 1. The number of carbonyl (C=O) groups excluding carboxylic acids is 5. The molecule has 1 aliphatic rings. The molecule has 10 nitrogen and oxygen atoms in total. The standard InChI is InChI=1S/C29H29N3O5.C2Cl2O2/c1-19(23-12-6-9-20-7-2-4-10-24(20)23)30-29(37)25-11-5-3-8-21(25)13-14-26(33)31-22-17-32(18-22)27(34)15-16-28(35)36;3-1(5)2(4)6/h2-12,15-16,19,22H,13-14,17-18H2,1H3,(H,30,37)(H,31,33)(H,35,36);/b16-15+;. The Morgan fingerprint density at radius 1 is 0.907 bits per heavy atom. The van der Waals surface area contributed by atoms with E-state index in [-0.39, 0.29) is 30.3 Å². The molecule has 0 saturated carbocycles. The lowest BCUT2D eigenvalue weighted by Gasteiger charge is -2.38. The molecule has 3 N–H and O–H groups in total. The molecule has 0 bridgehead atoms. The van der Waals surface area contributed by atoms with Crippen LogP contribution in [0.2, 0.25) is 0 Å². The molecule has 1 fully saturated rings. The summed E-state index contributed by atoms with van der Waals surface area (Å²) in [5.41, 5.74) is 2.35. The normalized spacial score (nSPS) is 13.3. The molecule has 1 unspecified atom stereocenters. The Hall–Kier alpha value is -4.54. The number of aliphatic carboxylic acids is 1. The first kappa shape index (κ1) is 33.0. The van der Waals surface area contributed by atoms with Gasteiger partial charge in [0.2, 0.25) is 11.8 Å². The molecule has 1 saturated heterocycles. The number of rotatable bonds is 10. The predicted octanol–water partition coefficient (Wildman–Crippen LogP) is 3.75. The highest BCUT2D eigenvalue weighted by Gasteiger charge is 2.30. The third kappa shape index (κ3) is 9.76. The van der Waals surface area contributed by atoms with Crippen LogP contribution in [0.15, 0.2) is 78.9 Å². The summed E-state index contributed by atoms with van der Waals surface area (Å²) in [5, 5.41) is 14.5. The zero-order chi connectivity index (χ0) is 31.5. The summed E-state index contributed by atoms with van der Waals surface area (Å²) in [6.45, 7) is 2.62. The molecule has 1 aliphatic heterocycles. The van der Waals surface area contributed by atoms with Crippen LogP contribution < -0.4 is 10.6 Å². The molecule has 0 spiro atoms. The molecule has 1 heterocycles. The van der Waals surface area contributed by atoms with E-state index >= 15 is 0 Å². The summed E-state index contributed by atoms with van der Waals surface area (Å²) in [6.07, 6.45) is 2.40. The van der Waals surface area contributed by atoms with E-state index in [1.807, 2.05) is 61.5 Å². The van der Waals surface area contributed by atoms with E-state index in [4.69, 9.17) is 5.11 Å². The van der Waals surface area contributed by atoms with Gasteiger partial charge in [0.15, 0.2) is 0 Å². The number of halogens is 2. The van der Waals surface area contributed by atoms with Gasteiger partial charge in [0.25, 0.3) is 5.91 Å². The van der Waals surface area contributed by atoms with Gasteiger partial charge in [-0.05, 0) is 64.5 Å². The zero-order valence-electron chi connectivity index (χ0n) is 23.1. The first-order valence-electron chi connectivity index (χ1n) is 13.2. The van der Waals surface area contributed by atoms with Crippen LogP contribution in [-0.4, -0.2) is 63.3 Å². The van der Waals surface area contributed by atoms with Crippen LogP contribution >= 0.6 is 23.2 Å². The molecule has 3 aromatic rings. The molecule has 1 atom stereocenters. The number of hydrogen-bond donors (Lipinski definition) is 3. The van der Waals surface area contributed by atoms with Crippen molar-refractivity contribution in [3.63, 3.8) is 0 Å². The van der Waals surface area contributed by atoms with Crippen molar-refractivity contribution in [3.8, 4) is 0 Å². The van der Waals surface area contributed by atoms with Crippen LogP contribution in [0.5, 0.6) is 0 Å². The van der Waals surface area contributed by atoms with Gasteiger partial charge >= 0.3 is 16.5 Å². The minimum Gasteiger partial charge on any atom is -0.478 e. The molecular weight excluding hydrogens is 597 g/mol. The van der Waals surface area contributed by atoms with Gasteiger partial charge < -0.3 is 20.6 Å². The number of carboxylic acids is 1. The van der Waals surface area contributed by atoms with Gasteiger partial charge in [-0.25, -0.2) is 4.79 Å². The maximum atomic E-state index is 13.2. The second-order valence-electron chi connectivity index (χ2n) is 9.65. The van der Waals surface area contributed by atoms with Gasteiger partial charge in [0.05, 0.1) is 12.1 Å². The molecule has 3 aromatic carbocycles. The lowest BCUT2D eigenvalue weighted by molar-refractivity contribution is -0.134. The summed E-state index contributed by atoms with van der Waals surface area (Å²) in [6, 6.07) is 21.0. The first-order valence-corrected chi connectivity index (χ1v) is 14.0. The summed E-state index contributed by atoms with van der Waals surface area (Å²) >= 11 is 8.98. The van der Waals surface area contributed by atoms with Gasteiger partial charge in [0, 0.05) is 37.2 Å². The number of amides is 3. The van der Waals surface area contributed by atoms with E-state index < -0.39 is 22.4 Å². The quantitative estimate of drug-likeness (QED) is 0.176. The molecule has 12 heteroatoms. The van der Waals surface area contributed by atoms with Crippen molar-refractivity contribution in [2.24, 2.45) is 0 Å². The van der Waals surface area contributed by atoms with Crippen LogP contribution in [0, 0.1) is 0 Å². The SMILES string of the molecule is CC(NC(=O)c1ccccc1CCC(=O)NC1CN(C(=O)/C=C/C(=O)O)C1)c1cccc2ccccc12.O=C(Cl)C(=O)Cl. The summed E-state index contributed by atoms with van der Waals surface area (Å²) in [7, 11) is 0. The fraction of sp³-hybridized carbons (Fsp3) is 0.226. The predicted molar refractivity (Wildman–Crippen MR) is 162 cm³/mol. The molecule has 224 valence electrons. The minimum absolute atomic E-state index is 0.169. The third-order valence-corrected chi connectivity index (χ3v) is 7.04. The van der Waals surface area contributed by atoms with Crippen LogP contribution in [0.1, 0.15) is 40.9 Å². The molecular formula is C31H29Cl2N3O7. The van der Waals surface area contributed by atoms with E-state index in [0.717, 1.165) is 34.1 Å². The molecule has 0 aromatic heterocycles. The first-order chi connectivity index (χ1) is 20.5. The number of fused-ring (bicyclic) bond motifs is 1. The van der Waals surface area contributed by atoms with Gasteiger partial charge in [-0.15, -0.1) is 0 Å². The zero-order valence-corrected chi connectivity index (χ0v) is 24.6. The summed E-state index contributed by atoms with van der Waals surface area (Å²) in [4.78, 5) is 68.3. The van der Waals surface area contributed by atoms with E-state index in [9.17, 15) is 28.8 Å². The Morgan fingerprint density at radius 2 is 1.53 bits per heavy atom. The number of likely N-dealkylation sites (tertiary alicyclic amines) is 1. The molecule has 3 amide bonds. The Morgan fingerprint density at radius 3 is 2.21 bits per heavy atom. The topological polar surface area (TPSA) is 150 Å². The van der Waals surface area contributed by atoms with Crippen molar-refractivity contribution in [1.82, 2.24) is 15.5 Å². The van der Waals surface area contributed by atoms with Crippen molar-refractivity contribution in [2.45, 2.75) is 31.8 Å². The average molecular weight is 626 g/mol. The highest BCUT2D eigenvalue weighted by atomic mass is 35.5. The highest BCUT2D eigenvalue weighted by Crippen LogP contribution is 2.24. The number of benzene rings is 3. The monoisotopic (exact) mass is 625 g/mol. The Balaban J connectivity index is 0.000000765. The van der Waals surface area contributed by atoms with Crippen molar-refractivity contribution in [1.29, 1.82) is 0 Å². The Bertz CT molecular complexity index is 1550. The molecule has 0 radical (unpaired) electrons. The summed E-state index contributed by atoms with van der Waals surface area (Å²) < 4.78 is 0. The lowest BCUT2D eigenvalue weighted by Crippen LogP contribution is -2.60. The molecule has 43 heavy (non-hydrogen) atoms. The van der Waals surface area contributed by atoms with E-state index in [0.29, 0.717) is 25.1 Å². The van der Waals surface area contributed by atoms with E-state index in [2.05, 4.69) is 33.8 Å². The van der Waals surface area contributed by atoms with Crippen molar-refractivity contribution in [3.05, 3.63) is 95.6 Å². The van der Waals surface area contributed by atoms with E-state index in [1.165, 1.54) is 4.90 Å². The van der Waals surface area contributed by atoms with Gasteiger partial charge in [-0.2, -0.15) is 0 Å². The second kappa shape index (κ2) is 15.6. The van der Waals surface area contributed by atoms with Crippen LogP contribution in [-0.2, 0) is 30.4 Å². The number of carbonyl (C=O) groups is 6. The van der Waals surface area contributed by atoms with Gasteiger partial charge in [0.1, 0.15) is 0 Å². The number of nitrogens with zero attached hydrogens (tertiary/aromatic N) is 1. The fourth-order valence-electron chi connectivity index (χ4n) is 4.49. The fourth-order valence-corrected chi connectivity index (χ4v) is 4.49. The van der Waals surface area contributed by atoms with Crippen LogP contribution in [0.3, 0.4) is 0 Å². The number of hydrogen-bond acceptors (Lipinski definition) is 6. The van der Waals surface area contributed by atoms with Crippen molar-refractivity contribution >= 4 is 68.2 Å². The van der Waals surface area contributed by atoms with Crippen LogP contribution in [0.25, 0.3) is 10.8 Å². The lowest BCUT2D eigenvalue weighted by atomic mass is 9.98. The highest BCUT2D eigenvalue weighted by molar-refractivity contribution is 6.97. The average Bonchev–Trinajstić information content (AvgIpc) is 2.96. The second-order valence-corrected chi connectivity index (χ2v) is 10.3. The third-order valence-electron chi connectivity index (χ3n) is 6.60. The number of aryl methyl sites for hydroxylation is 1. The summed E-state index contributed by atoms with van der Waals surface area (Å²) in [5.74, 6) is -1.95. The maximum Gasteiger partial charge on any atom is 0.328 e. The minimum atomic E-state index is -1.18. The van der Waals surface area contributed by atoms with E-state index in [1.54, 1.807) is 12.1 Å². The smallest absolute Gasteiger partial charge is 0.328 e. The number of nitrogens with one attached hydrogen (secondary N) is 2. The Labute approximate surface area is 257 Å². The van der Waals surface area contributed by atoms with Crippen molar-refractivity contribution in [2.75, 3.05) is 13.1 Å². The van der Waals surface area contributed by atoms with Gasteiger partial charge in [-0.3, -0.25) is 24.0 Å². The molecule has 4 rings (SSSR count). The largest absolute Gasteiger partial charge is 0.478 e. The Kier molecular flexibility index (Phi) is 12.0. The van der Waals surface area contributed by atoms with Gasteiger partial charge in [-0.1, -0.05) is 60.7 Å². The maximum absolute atomic E-state index is 13.2.